The van der Waals surface area contributed by atoms with Crippen molar-refractivity contribution in [2.45, 2.75) is 37.0 Å². The van der Waals surface area contributed by atoms with Gasteiger partial charge in [-0.1, -0.05) is 42.5 Å². The van der Waals surface area contributed by atoms with Crippen molar-refractivity contribution in [3.8, 4) is 0 Å². The molecule has 42 heavy (non-hydrogen) atoms. The lowest BCUT2D eigenvalue weighted by Crippen LogP contribution is -2.49. The number of carbonyl (C=O) groups is 3. The summed E-state index contributed by atoms with van der Waals surface area (Å²) in [6, 6.07) is 11.5. The fourth-order valence-electron chi connectivity index (χ4n) is 4.64. The number of rotatable bonds is 10. The molecule has 3 atom stereocenters. The summed E-state index contributed by atoms with van der Waals surface area (Å²) in [4.78, 5) is 40.2. The molecule has 1 aliphatic rings. The minimum atomic E-state index is -3.29. The molecule has 222 valence electrons. The van der Waals surface area contributed by atoms with Gasteiger partial charge in [-0.05, 0) is 25.1 Å². The second-order valence-electron chi connectivity index (χ2n) is 10.1. The molecule has 1 saturated heterocycles. The van der Waals surface area contributed by atoms with E-state index >= 15 is 4.39 Å². The fraction of sp³-hybridized carbons (Fsp3) is 0.310. The van der Waals surface area contributed by atoms with Gasteiger partial charge in [-0.15, -0.1) is 11.3 Å². The highest BCUT2D eigenvalue weighted by Gasteiger charge is 2.49. The van der Waals surface area contributed by atoms with Crippen molar-refractivity contribution in [2.24, 2.45) is 5.73 Å². The van der Waals surface area contributed by atoms with E-state index in [9.17, 15) is 27.6 Å². The largest absolute Gasteiger partial charge is 0.384 e. The zero-order valence-corrected chi connectivity index (χ0v) is 23.3. The molecule has 1 aliphatic heterocycles. The van der Waals surface area contributed by atoms with Crippen LogP contribution in [-0.4, -0.2) is 59.9 Å². The predicted octanol–water partition coefficient (Wildman–Crippen LogP) is 4.06. The minimum Gasteiger partial charge on any atom is -0.384 e. The third kappa shape index (κ3) is 6.62. The molecule has 2 heterocycles. The minimum absolute atomic E-state index is 0.00410. The number of amidine groups is 1. The number of likely N-dealkylation sites (tertiary alicyclic amines) is 1. The quantitative estimate of drug-likeness (QED) is 0.158. The maximum absolute atomic E-state index is 15.0. The summed E-state index contributed by atoms with van der Waals surface area (Å²) in [7, 11) is 0. The summed E-state index contributed by atoms with van der Waals surface area (Å²) in [5.41, 5.74) is 2.99. The number of nitrogens with zero attached hydrogens (tertiary/aromatic N) is 1. The van der Waals surface area contributed by atoms with E-state index in [0.29, 0.717) is 10.4 Å². The molecule has 4 rings (SSSR count). The van der Waals surface area contributed by atoms with Crippen molar-refractivity contribution in [3.63, 3.8) is 0 Å². The molecule has 3 aromatic rings. The monoisotopic (exact) mass is 603 g/mol. The number of carbonyl (C=O) groups excluding carboxylic acids is 3. The van der Waals surface area contributed by atoms with Gasteiger partial charge < -0.3 is 21.3 Å². The van der Waals surface area contributed by atoms with Gasteiger partial charge in [-0.25, -0.2) is 8.78 Å². The Hall–Kier alpha value is -4.26. The molecule has 5 N–H and O–H groups in total. The van der Waals surface area contributed by atoms with Gasteiger partial charge in [-0.3, -0.25) is 19.8 Å². The number of thiophene rings is 1. The van der Waals surface area contributed by atoms with E-state index in [0.717, 1.165) is 17.0 Å². The van der Waals surface area contributed by atoms with Crippen LogP contribution in [0.4, 0.5) is 17.6 Å². The van der Waals surface area contributed by atoms with E-state index in [-0.39, 0.29) is 22.5 Å². The number of amides is 3. The number of nitrogens with one attached hydrogen (secondary N) is 3. The number of benzene rings is 2. The highest BCUT2D eigenvalue weighted by Crippen LogP contribution is 2.35. The smallest absolute Gasteiger partial charge is 0.298 e. The molecule has 0 unspecified atom stereocenters. The number of hydrogen-bond donors (Lipinski definition) is 4. The number of hydrogen-bond acceptors (Lipinski definition) is 5. The van der Waals surface area contributed by atoms with Gasteiger partial charge in [0.25, 0.3) is 11.8 Å². The van der Waals surface area contributed by atoms with E-state index < -0.39 is 67.6 Å². The first-order valence-electron chi connectivity index (χ1n) is 12.9. The van der Waals surface area contributed by atoms with Gasteiger partial charge >= 0.3 is 0 Å². The SMILES string of the molecule is C[C@@H](NC(=O)[C@@H]1C[C@](F)(CF)CN1C(=O)CNC(=O)c1ccc(C(F)(F)c2ccccc2)cc1)c1cc(C(=N)N)cs1. The highest BCUT2D eigenvalue weighted by molar-refractivity contribution is 7.10. The van der Waals surface area contributed by atoms with Gasteiger partial charge in [0.05, 0.1) is 19.1 Å². The summed E-state index contributed by atoms with van der Waals surface area (Å²) in [5.74, 6) is -5.70. The van der Waals surface area contributed by atoms with Gasteiger partial charge in [-0.2, -0.15) is 8.78 Å². The van der Waals surface area contributed by atoms with Crippen molar-refractivity contribution >= 4 is 34.9 Å². The molecule has 1 aromatic heterocycles. The van der Waals surface area contributed by atoms with Crippen LogP contribution in [0.2, 0.25) is 0 Å². The summed E-state index contributed by atoms with van der Waals surface area (Å²) in [6.07, 6.45) is -0.567. The van der Waals surface area contributed by atoms with Gasteiger partial charge in [0.2, 0.25) is 11.8 Å². The van der Waals surface area contributed by atoms with Crippen molar-refractivity contribution in [3.05, 3.63) is 93.2 Å². The zero-order valence-electron chi connectivity index (χ0n) is 22.5. The summed E-state index contributed by atoms with van der Waals surface area (Å²) in [6.45, 7) is -1.06. The number of alkyl halides is 4. The molecule has 8 nitrogen and oxygen atoms in total. The van der Waals surface area contributed by atoms with Crippen molar-refractivity contribution in [1.82, 2.24) is 15.5 Å². The third-order valence-corrected chi connectivity index (χ3v) is 8.13. The molecule has 0 spiro atoms. The zero-order chi connectivity index (χ0) is 30.7. The summed E-state index contributed by atoms with van der Waals surface area (Å²) >= 11 is 1.25. The third-order valence-electron chi connectivity index (χ3n) is 7.01. The molecule has 0 bridgehead atoms. The maximum atomic E-state index is 15.0. The predicted molar refractivity (Wildman–Crippen MR) is 150 cm³/mol. The Morgan fingerprint density at radius 2 is 1.76 bits per heavy atom. The first-order chi connectivity index (χ1) is 19.8. The summed E-state index contributed by atoms with van der Waals surface area (Å²) in [5, 5.41) is 14.2. The Morgan fingerprint density at radius 1 is 1.12 bits per heavy atom. The van der Waals surface area contributed by atoms with Crippen LogP contribution in [0.25, 0.3) is 0 Å². The lowest BCUT2D eigenvalue weighted by molar-refractivity contribution is -0.138. The highest BCUT2D eigenvalue weighted by atomic mass is 32.1. The van der Waals surface area contributed by atoms with Crippen LogP contribution in [0.3, 0.4) is 0 Å². The number of halogens is 4. The van der Waals surface area contributed by atoms with E-state index in [2.05, 4.69) is 10.6 Å². The Morgan fingerprint density at radius 3 is 2.36 bits per heavy atom. The molecule has 0 radical (unpaired) electrons. The van der Waals surface area contributed by atoms with Gasteiger partial charge in [0.1, 0.15) is 18.6 Å². The Labute approximate surface area is 243 Å². The van der Waals surface area contributed by atoms with Crippen LogP contribution in [0.5, 0.6) is 0 Å². The average molecular weight is 604 g/mol. The second-order valence-corrected chi connectivity index (χ2v) is 11.1. The van der Waals surface area contributed by atoms with Gasteiger partial charge in [0, 0.05) is 38.9 Å². The molecular weight excluding hydrogens is 574 g/mol. The molecule has 3 amide bonds. The van der Waals surface area contributed by atoms with E-state index in [1.165, 1.54) is 47.7 Å². The molecular formula is C29H29F4N5O3S. The topological polar surface area (TPSA) is 128 Å². The average Bonchev–Trinajstić information content (AvgIpc) is 3.62. The first-order valence-corrected chi connectivity index (χ1v) is 13.8. The van der Waals surface area contributed by atoms with Gasteiger partial charge in [0.15, 0.2) is 5.67 Å². The van der Waals surface area contributed by atoms with E-state index in [1.54, 1.807) is 24.4 Å². The molecule has 0 aliphatic carbocycles. The molecule has 13 heteroatoms. The van der Waals surface area contributed by atoms with E-state index in [1.807, 2.05) is 0 Å². The van der Waals surface area contributed by atoms with Crippen LogP contribution < -0.4 is 16.4 Å². The Balaban J connectivity index is 1.39. The van der Waals surface area contributed by atoms with Crippen LogP contribution in [-0.2, 0) is 15.5 Å². The van der Waals surface area contributed by atoms with Crippen LogP contribution in [0, 0.1) is 5.41 Å². The van der Waals surface area contributed by atoms with Crippen molar-refractivity contribution < 1.29 is 31.9 Å². The van der Waals surface area contributed by atoms with Crippen LogP contribution in [0.1, 0.15) is 51.3 Å². The fourth-order valence-corrected chi connectivity index (χ4v) is 5.55. The molecule has 2 aromatic carbocycles. The lowest BCUT2D eigenvalue weighted by Gasteiger charge is -2.25. The number of nitrogen functional groups attached to an aromatic ring is 1. The Bertz CT molecular complexity index is 1470. The first kappa shape index (κ1) is 30.7. The normalized spacial score (nSPS) is 19.3. The lowest BCUT2D eigenvalue weighted by atomic mass is 9.99. The molecule has 1 fully saturated rings. The number of nitrogens with two attached hydrogens (primary N) is 1. The molecule has 0 saturated carbocycles. The second kappa shape index (κ2) is 12.3. The standard InChI is InChI=1S/C29H29F4N5O3S/c1-17(23-11-19(14-42-23)25(34)35)37-27(41)22-12-28(31,15-30)16-38(22)24(39)13-36-26(40)18-7-9-21(10-8-18)29(32,33)20-5-3-2-4-6-20/h2-11,14,17,22H,12-13,15-16H2,1H3,(H3,34,35)(H,36,40)(H,37,41)/t17-,22+,28+/m1/s1. The maximum Gasteiger partial charge on any atom is 0.298 e. The van der Waals surface area contributed by atoms with Crippen LogP contribution in [0.15, 0.2) is 66.0 Å². The van der Waals surface area contributed by atoms with Crippen molar-refractivity contribution in [2.75, 3.05) is 19.8 Å². The van der Waals surface area contributed by atoms with E-state index in [4.69, 9.17) is 11.1 Å². The summed E-state index contributed by atoms with van der Waals surface area (Å²) < 4.78 is 58.1. The Kier molecular flexibility index (Phi) is 9.00. The van der Waals surface area contributed by atoms with Crippen molar-refractivity contribution in [1.29, 1.82) is 5.41 Å². The van der Waals surface area contributed by atoms with Crippen LogP contribution >= 0.6 is 11.3 Å².